The van der Waals surface area contributed by atoms with Crippen LogP contribution in [0.15, 0.2) is 60.7 Å². The molecular weight excluding hydrogens is 490 g/mol. The van der Waals surface area contributed by atoms with Crippen molar-refractivity contribution in [2.24, 2.45) is 5.92 Å². The molecule has 0 bridgehead atoms. The molecule has 4 aromatic rings. The van der Waals surface area contributed by atoms with Gasteiger partial charge in [-0.1, -0.05) is 49.4 Å². The number of pyridine rings is 1. The summed E-state index contributed by atoms with van der Waals surface area (Å²) in [7, 11) is 0. The van der Waals surface area contributed by atoms with Crippen molar-refractivity contribution in [1.29, 1.82) is 0 Å². The Morgan fingerprint density at radius 2 is 1.81 bits per heavy atom. The van der Waals surface area contributed by atoms with Gasteiger partial charge in [-0.15, -0.1) is 0 Å². The highest BCUT2D eigenvalue weighted by molar-refractivity contribution is 7.81. The SMILES string of the molecule is CCc1cc2c(C)cc(C(=O)O)nc2n1Cc1ccc(-c2ccccc2N(C(=O)C2CC2)S(=O)O)cc1. The Morgan fingerprint density at radius 1 is 1.11 bits per heavy atom. The Hall–Kier alpha value is -3.82. The van der Waals surface area contributed by atoms with Gasteiger partial charge < -0.3 is 9.67 Å². The number of aromatic carboxylic acids is 1. The number of rotatable bonds is 8. The summed E-state index contributed by atoms with van der Waals surface area (Å²) >= 11 is -2.47. The van der Waals surface area contributed by atoms with Crippen molar-refractivity contribution < 1.29 is 23.5 Å². The fourth-order valence-corrected chi connectivity index (χ4v) is 5.28. The molecule has 1 atom stereocenters. The monoisotopic (exact) mass is 517 g/mol. The number of nitrogens with zero attached hydrogens (tertiary/aromatic N) is 3. The maximum absolute atomic E-state index is 12.7. The largest absolute Gasteiger partial charge is 0.477 e. The van der Waals surface area contributed by atoms with Gasteiger partial charge in [-0.05, 0) is 61.1 Å². The van der Waals surface area contributed by atoms with Gasteiger partial charge in [0.2, 0.25) is 5.91 Å². The molecule has 2 heterocycles. The van der Waals surface area contributed by atoms with Crippen LogP contribution in [-0.4, -0.2) is 35.3 Å². The molecule has 1 aliphatic carbocycles. The van der Waals surface area contributed by atoms with Crippen LogP contribution in [0, 0.1) is 12.8 Å². The normalized spacial score (nSPS) is 14.0. The summed E-state index contributed by atoms with van der Waals surface area (Å²) in [5.74, 6) is -1.59. The molecule has 1 aliphatic rings. The van der Waals surface area contributed by atoms with Gasteiger partial charge in [0.15, 0.2) is 5.69 Å². The Labute approximate surface area is 217 Å². The summed E-state index contributed by atoms with van der Waals surface area (Å²) in [6.07, 6.45) is 2.24. The van der Waals surface area contributed by atoms with E-state index in [1.54, 1.807) is 18.2 Å². The first-order chi connectivity index (χ1) is 17.8. The lowest BCUT2D eigenvalue weighted by Crippen LogP contribution is -2.34. The highest BCUT2D eigenvalue weighted by Crippen LogP contribution is 2.37. The van der Waals surface area contributed by atoms with Crippen LogP contribution in [0.2, 0.25) is 0 Å². The fraction of sp³-hybridized carbons (Fsp3) is 0.250. The molecule has 2 N–H and O–H groups in total. The highest BCUT2D eigenvalue weighted by Gasteiger charge is 2.37. The summed E-state index contributed by atoms with van der Waals surface area (Å²) in [4.78, 5) is 28.8. The van der Waals surface area contributed by atoms with Crippen LogP contribution in [0.25, 0.3) is 22.2 Å². The number of carboxylic acids is 1. The molecule has 9 heteroatoms. The highest BCUT2D eigenvalue weighted by atomic mass is 32.2. The van der Waals surface area contributed by atoms with Crippen molar-refractivity contribution in [1.82, 2.24) is 9.55 Å². The van der Waals surface area contributed by atoms with Gasteiger partial charge in [-0.2, -0.15) is 0 Å². The van der Waals surface area contributed by atoms with Gasteiger partial charge in [-0.3, -0.25) is 9.35 Å². The summed E-state index contributed by atoms with van der Waals surface area (Å²) < 4.78 is 25.1. The van der Waals surface area contributed by atoms with Crippen molar-refractivity contribution in [2.45, 2.75) is 39.7 Å². The molecule has 1 amide bonds. The molecule has 1 saturated carbocycles. The standard InChI is InChI=1S/C28H27N3O5S/c1-3-21-15-23-17(2)14-24(28(33)34)29-26(23)30(21)16-18-8-10-19(11-9-18)22-6-4-5-7-25(22)31(37(35)36)27(32)20-12-13-20/h4-11,14-15,20H,3,12-13,16H2,1-2H3,(H,33,34)(H,35,36). The minimum atomic E-state index is -2.47. The number of carbonyl (C=O) groups is 2. The molecule has 0 radical (unpaired) electrons. The topological polar surface area (TPSA) is 113 Å². The molecule has 2 aromatic carbocycles. The minimum Gasteiger partial charge on any atom is -0.477 e. The molecule has 1 fully saturated rings. The zero-order valence-corrected chi connectivity index (χ0v) is 21.4. The van der Waals surface area contributed by atoms with Crippen LogP contribution in [-0.2, 0) is 29.0 Å². The van der Waals surface area contributed by atoms with Crippen LogP contribution in [0.1, 0.15) is 47.1 Å². The van der Waals surface area contributed by atoms with E-state index >= 15 is 0 Å². The van der Waals surface area contributed by atoms with Gasteiger partial charge in [0.25, 0.3) is 11.3 Å². The van der Waals surface area contributed by atoms with Crippen LogP contribution in [0.3, 0.4) is 0 Å². The van der Waals surface area contributed by atoms with Crippen molar-refractivity contribution >= 4 is 39.9 Å². The molecule has 8 nitrogen and oxygen atoms in total. The van der Waals surface area contributed by atoms with E-state index in [4.69, 9.17) is 0 Å². The summed E-state index contributed by atoms with van der Waals surface area (Å²) in [6, 6.07) is 18.5. The molecular formula is C28H27N3O5S. The van der Waals surface area contributed by atoms with E-state index in [-0.39, 0.29) is 17.5 Å². The van der Waals surface area contributed by atoms with Gasteiger partial charge in [0, 0.05) is 29.1 Å². The number of aryl methyl sites for hydroxylation is 2. The Morgan fingerprint density at radius 3 is 2.43 bits per heavy atom. The number of amides is 1. The van der Waals surface area contributed by atoms with E-state index in [2.05, 4.69) is 18.0 Å². The van der Waals surface area contributed by atoms with E-state index in [0.29, 0.717) is 23.4 Å². The predicted molar refractivity (Wildman–Crippen MR) is 143 cm³/mol. The number of para-hydroxylation sites is 1. The van der Waals surface area contributed by atoms with E-state index in [9.17, 15) is 23.5 Å². The molecule has 0 saturated heterocycles. The second-order valence-corrected chi connectivity index (χ2v) is 10.1. The third-order valence-corrected chi connectivity index (χ3v) is 7.44. The van der Waals surface area contributed by atoms with Crippen LogP contribution in [0.4, 0.5) is 5.69 Å². The maximum atomic E-state index is 12.7. The molecule has 0 aliphatic heterocycles. The number of carboxylic acid groups (broad SMARTS) is 1. The van der Waals surface area contributed by atoms with Gasteiger partial charge >= 0.3 is 5.97 Å². The van der Waals surface area contributed by atoms with Crippen LogP contribution < -0.4 is 4.31 Å². The maximum Gasteiger partial charge on any atom is 0.354 e. The van der Waals surface area contributed by atoms with Crippen LogP contribution >= 0.6 is 0 Å². The average molecular weight is 518 g/mol. The number of hydrogen-bond acceptors (Lipinski definition) is 4. The zero-order chi connectivity index (χ0) is 26.3. The number of hydrogen-bond donors (Lipinski definition) is 2. The van der Waals surface area contributed by atoms with E-state index < -0.39 is 17.2 Å². The van der Waals surface area contributed by atoms with E-state index in [1.807, 2.05) is 47.9 Å². The third-order valence-electron chi connectivity index (χ3n) is 6.75. The molecule has 0 spiro atoms. The summed E-state index contributed by atoms with van der Waals surface area (Å²) in [6.45, 7) is 4.46. The van der Waals surface area contributed by atoms with Crippen molar-refractivity contribution in [3.05, 3.63) is 83.2 Å². The summed E-state index contributed by atoms with van der Waals surface area (Å²) in [5.41, 5.74) is 5.48. The third kappa shape index (κ3) is 4.80. The number of anilines is 1. The number of benzene rings is 2. The molecule has 5 rings (SSSR count). The number of aromatic nitrogens is 2. The van der Waals surface area contributed by atoms with Crippen molar-refractivity contribution in [3.8, 4) is 11.1 Å². The summed E-state index contributed by atoms with van der Waals surface area (Å²) in [5, 5.41) is 10.4. The van der Waals surface area contributed by atoms with Gasteiger partial charge in [-0.25, -0.2) is 18.3 Å². The molecule has 37 heavy (non-hydrogen) atoms. The van der Waals surface area contributed by atoms with E-state index in [0.717, 1.165) is 51.3 Å². The lowest BCUT2D eigenvalue weighted by Gasteiger charge is -2.21. The van der Waals surface area contributed by atoms with Crippen molar-refractivity contribution in [3.63, 3.8) is 0 Å². The number of fused-ring (bicyclic) bond motifs is 1. The first-order valence-corrected chi connectivity index (χ1v) is 13.2. The zero-order valence-electron chi connectivity index (χ0n) is 20.5. The predicted octanol–water partition coefficient (Wildman–Crippen LogP) is 5.20. The quantitative estimate of drug-likeness (QED) is 0.311. The lowest BCUT2D eigenvalue weighted by atomic mass is 10.0. The van der Waals surface area contributed by atoms with Crippen molar-refractivity contribution in [2.75, 3.05) is 4.31 Å². The molecule has 190 valence electrons. The Kier molecular flexibility index (Phi) is 6.66. The molecule has 1 unspecified atom stereocenters. The fourth-order valence-electron chi connectivity index (χ4n) is 4.65. The molecule has 2 aromatic heterocycles. The second-order valence-electron chi connectivity index (χ2n) is 9.29. The van der Waals surface area contributed by atoms with Crippen LogP contribution in [0.5, 0.6) is 0 Å². The van der Waals surface area contributed by atoms with Gasteiger partial charge in [0.1, 0.15) is 5.65 Å². The second kappa shape index (κ2) is 9.91. The van der Waals surface area contributed by atoms with Gasteiger partial charge in [0.05, 0.1) is 5.69 Å². The number of carbonyl (C=O) groups excluding carboxylic acids is 1. The van der Waals surface area contributed by atoms with E-state index in [1.165, 1.54) is 0 Å². The lowest BCUT2D eigenvalue weighted by molar-refractivity contribution is -0.118. The Bertz CT molecular complexity index is 1540. The minimum absolute atomic E-state index is 0.0190. The average Bonchev–Trinajstić information content (AvgIpc) is 3.67. The first-order valence-electron chi connectivity index (χ1n) is 12.1. The Balaban J connectivity index is 1.49. The smallest absolute Gasteiger partial charge is 0.354 e. The first kappa shape index (κ1) is 24.9.